The van der Waals surface area contributed by atoms with Gasteiger partial charge in [0.1, 0.15) is 0 Å². The van der Waals surface area contributed by atoms with Gasteiger partial charge >= 0.3 is 0 Å². The fraction of sp³-hybridized carbons (Fsp3) is 0. The summed E-state index contributed by atoms with van der Waals surface area (Å²) in [4.78, 5) is 0. The highest BCUT2D eigenvalue weighted by molar-refractivity contribution is 7.80. The lowest BCUT2D eigenvalue weighted by molar-refractivity contribution is 1.60. The van der Waals surface area contributed by atoms with Crippen LogP contribution >= 0.6 is 47.0 Å². The summed E-state index contributed by atoms with van der Waals surface area (Å²) in [6, 6.07) is 3.10. The second kappa shape index (κ2) is 4.33. The average molecular weight is 256 g/mol. The molecule has 0 bridgehead atoms. The molecule has 0 amide bonds. The first-order chi connectivity index (χ1) is 6.00. The van der Waals surface area contributed by atoms with Gasteiger partial charge < -0.3 is 11.1 Å². The quantitative estimate of drug-likeness (QED) is 0.756. The first kappa shape index (κ1) is 10.9. The Morgan fingerprint density at radius 1 is 1.23 bits per heavy atom. The number of benzene rings is 1. The zero-order valence-corrected chi connectivity index (χ0v) is 9.36. The molecule has 0 saturated heterocycles. The van der Waals surface area contributed by atoms with E-state index in [-0.39, 0.29) is 5.11 Å². The number of halogens is 3. The number of nitrogens with two attached hydrogens (primary N) is 1. The maximum absolute atomic E-state index is 5.83. The molecule has 70 valence electrons. The van der Waals surface area contributed by atoms with Gasteiger partial charge in [0.25, 0.3) is 0 Å². The molecule has 0 heterocycles. The molecule has 0 atom stereocenters. The summed E-state index contributed by atoms with van der Waals surface area (Å²) < 4.78 is 0. The van der Waals surface area contributed by atoms with E-state index in [0.29, 0.717) is 20.8 Å². The second-order valence-electron chi connectivity index (χ2n) is 2.23. The Balaban J connectivity index is 3.13. The van der Waals surface area contributed by atoms with Crippen LogP contribution in [0.25, 0.3) is 0 Å². The molecule has 0 fully saturated rings. The molecule has 1 aromatic rings. The van der Waals surface area contributed by atoms with Crippen molar-refractivity contribution in [1.82, 2.24) is 0 Å². The predicted molar refractivity (Wildman–Crippen MR) is 61.9 cm³/mol. The topological polar surface area (TPSA) is 38.0 Å². The number of hydrogen-bond acceptors (Lipinski definition) is 1. The lowest BCUT2D eigenvalue weighted by Gasteiger charge is -2.08. The standard InChI is InChI=1S/C7H5Cl3N2S/c8-3-1-4(9)6(5(10)2-3)12-7(11)13/h1-2H,(H3,11,12,13). The van der Waals surface area contributed by atoms with E-state index in [1.54, 1.807) is 12.1 Å². The fourth-order valence-corrected chi connectivity index (χ4v) is 1.80. The van der Waals surface area contributed by atoms with Crippen molar-refractivity contribution in [3.63, 3.8) is 0 Å². The van der Waals surface area contributed by atoms with Gasteiger partial charge in [-0.2, -0.15) is 0 Å². The highest BCUT2D eigenvalue weighted by Crippen LogP contribution is 2.33. The average Bonchev–Trinajstić information content (AvgIpc) is 1.96. The van der Waals surface area contributed by atoms with Crippen LogP contribution in [0.1, 0.15) is 0 Å². The third-order valence-corrected chi connectivity index (χ3v) is 2.17. The minimum absolute atomic E-state index is 0.103. The molecule has 1 rings (SSSR count). The molecule has 0 aliphatic carbocycles. The van der Waals surface area contributed by atoms with Crippen molar-refractivity contribution >= 4 is 57.8 Å². The molecule has 1 aromatic carbocycles. The molecule has 13 heavy (non-hydrogen) atoms. The molecular weight excluding hydrogens is 251 g/mol. The first-order valence-corrected chi connectivity index (χ1v) is 4.76. The van der Waals surface area contributed by atoms with Gasteiger partial charge in [0.15, 0.2) is 5.11 Å². The van der Waals surface area contributed by atoms with Crippen LogP contribution in [0.5, 0.6) is 0 Å². The third-order valence-electron chi connectivity index (χ3n) is 1.26. The maximum Gasteiger partial charge on any atom is 0.168 e. The van der Waals surface area contributed by atoms with Crippen molar-refractivity contribution < 1.29 is 0 Å². The zero-order valence-electron chi connectivity index (χ0n) is 6.27. The highest BCUT2D eigenvalue weighted by atomic mass is 35.5. The molecule has 6 heteroatoms. The van der Waals surface area contributed by atoms with E-state index < -0.39 is 0 Å². The van der Waals surface area contributed by atoms with Gasteiger partial charge in [-0.1, -0.05) is 34.8 Å². The molecule has 0 aliphatic rings. The third kappa shape index (κ3) is 2.88. The summed E-state index contributed by atoms with van der Waals surface area (Å²) in [5.41, 5.74) is 5.74. The van der Waals surface area contributed by atoms with Gasteiger partial charge in [0.05, 0.1) is 15.7 Å². The number of thiocarbonyl (C=S) groups is 1. The van der Waals surface area contributed by atoms with Crippen molar-refractivity contribution in [3.8, 4) is 0 Å². The minimum atomic E-state index is 0.103. The Morgan fingerprint density at radius 3 is 2.08 bits per heavy atom. The number of hydrogen-bond donors (Lipinski definition) is 2. The highest BCUT2D eigenvalue weighted by Gasteiger charge is 2.07. The summed E-state index contributed by atoms with van der Waals surface area (Å²) in [6.45, 7) is 0. The zero-order chi connectivity index (χ0) is 10.0. The fourth-order valence-electron chi connectivity index (χ4n) is 0.785. The first-order valence-electron chi connectivity index (χ1n) is 3.21. The van der Waals surface area contributed by atoms with Gasteiger partial charge in [-0.25, -0.2) is 0 Å². The van der Waals surface area contributed by atoms with Crippen LogP contribution in [0, 0.1) is 0 Å². The van der Waals surface area contributed by atoms with Crippen LogP contribution in [-0.2, 0) is 0 Å². The minimum Gasteiger partial charge on any atom is -0.376 e. The Kier molecular flexibility index (Phi) is 3.62. The van der Waals surface area contributed by atoms with E-state index >= 15 is 0 Å². The van der Waals surface area contributed by atoms with Gasteiger partial charge in [-0.3, -0.25) is 0 Å². The van der Waals surface area contributed by atoms with Gasteiger partial charge in [0, 0.05) is 5.02 Å². The largest absolute Gasteiger partial charge is 0.376 e. The van der Waals surface area contributed by atoms with Crippen LogP contribution < -0.4 is 11.1 Å². The molecule has 0 radical (unpaired) electrons. The smallest absolute Gasteiger partial charge is 0.168 e. The van der Waals surface area contributed by atoms with Crippen molar-refractivity contribution in [2.75, 3.05) is 5.32 Å². The van der Waals surface area contributed by atoms with Gasteiger partial charge in [-0.15, -0.1) is 0 Å². The second-order valence-corrected chi connectivity index (χ2v) is 3.92. The summed E-state index contributed by atoms with van der Waals surface area (Å²) in [5.74, 6) is 0. The van der Waals surface area contributed by atoms with Gasteiger partial charge in [0.2, 0.25) is 0 Å². The van der Waals surface area contributed by atoms with Crippen molar-refractivity contribution in [1.29, 1.82) is 0 Å². The Morgan fingerprint density at radius 2 is 1.69 bits per heavy atom. The molecule has 0 saturated carbocycles. The van der Waals surface area contributed by atoms with E-state index in [0.717, 1.165) is 0 Å². The molecule has 0 aliphatic heterocycles. The van der Waals surface area contributed by atoms with Crippen LogP contribution in [-0.4, -0.2) is 5.11 Å². The van der Waals surface area contributed by atoms with Crippen molar-refractivity contribution in [2.45, 2.75) is 0 Å². The Bertz CT molecular complexity index is 331. The van der Waals surface area contributed by atoms with Crippen LogP contribution in [0.15, 0.2) is 12.1 Å². The van der Waals surface area contributed by atoms with Crippen LogP contribution in [0.4, 0.5) is 5.69 Å². The maximum atomic E-state index is 5.83. The number of rotatable bonds is 1. The van der Waals surface area contributed by atoms with Crippen LogP contribution in [0.3, 0.4) is 0 Å². The lowest BCUT2D eigenvalue weighted by Crippen LogP contribution is -2.19. The van der Waals surface area contributed by atoms with E-state index in [9.17, 15) is 0 Å². The Labute approximate surface area is 96.0 Å². The summed E-state index contributed by atoms with van der Waals surface area (Å²) in [5, 5.41) is 3.98. The predicted octanol–water partition coefficient (Wildman–Crippen LogP) is 3.30. The van der Waals surface area contributed by atoms with E-state index in [4.69, 9.17) is 40.5 Å². The summed E-state index contributed by atoms with van der Waals surface area (Å²) in [7, 11) is 0. The molecule has 3 N–H and O–H groups in total. The molecule has 0 aromatic heterocycles. The van der Waals surface area contributed by atoms with Gasteiger partial charge in [-0.05, 0) is 24.4 Å². The Hall–Kier alpha value is -0.220. The SMILES string of the molecule is NC(=S)Nc1c(Cl)cc(Cl)cc1Cl. The molecular formula is C7H5Cl3N2S. The van der Waals surface area contributed by atoms with Crippen LogP contribution in [0.2, 0.25) is 15.1 Å². The summed E-state index contributed by atoms with van der Waals surface area (Å²) in [6.07, 6.45) is 0. The van der Waals surface area contributed by atoms with E-state index in [2.05, 4.69) is 17.5 Å². The number of nitrogens with one attached hydrogen (secondary N) is 1. The number of anilines is 1. The van der Waals surface area contributed by atoms with Crippen molar-refractivity contribution in [2.24, 2.45) is 5.73 Å². The lowest BCUT2D eigenvalue weighted by atomic mass is 10.3. The molecule has 2 nitrogen and oxygen atoms in total. The van der Waals surface area contributed by atoms with E-state index in [1.807, 2.05) is 0 Å². The molecule has 0 spiro atoms. The van der Waals surface area contributed by atoms with E-state index in [1.165, 1.54) is 0 Å². The monoisotopic (exact) mass is 254 g/mol. The van der Waals surface area contributed by atoms with Crippen molar-refractivity contribution in [3.05, 3.63) is 27.2 Å². The summed E-state index contributed by atoms with van der Waals surface area (Å²) >= 11 is 22.0. The normalized spacial score (nSPS) is 9.77. The molecule has 0 unspecified atom stereocenters.